The van der Waals surface area contributed by atoms with Gasteiger partial charge in [-0.1, -0.05) is 35.9 Å². The number of nitrogens with zero attached hydrogens (tertiary/aromatic N) is 1. The summed E-state index contributed by atoms with van der Waals surface area (Å²) in [6, 6.07) is 14.5. The number of pyridine rings is 1. The third-order valence-corrected chi connectivity index (χ3v) is 3.59. The summed E-state index contributed by atoms with van der Waals surface area (Å²) in [6.07, 6.45) is -3.89. The quantitative estimate of drug-likeness (QED) is 0.568. The lowest BCUT2D eigenvalue weighted by molar-refractivity contribution is -0.137. The van der Waals surface area contributed by atoms with Gasteiger partial charge in [-0.05, 0) is 47.9 Å². The molecule has 1 heterocycles. The number of rotatable bonds is 2. The molecular formula is C17H11ClF3N. The lowest BCUT2D eigenvalue weighted by Crippen LogP contribution is -2.05. The maximum Gasteiger partial charge on any atom is 0.416 e. The number of hydrogen-bond donors (Lipinski definition) is 0. The van der Waals surface area contributed by atoms with Crippen molar-refractivity contribution < 1.29 is 13.2 Å². The SMILES string of the molecule is FC(F)(F)c1cccc(Cc2ccc3nc(Cl)ccc3c2)c1. The van der Waals surface area contributed by atoms with Crippen LogP contribution in [0.15, 0.2) is 54.6 Å². The van der Waals surface area contributed by atoms with E-state index >= 15 is 0 Å². The highest BCUT2D eigenvalue weighted by Crippen LogP contribution is 2.30. The molecule has 0 aliphatic rings. The van der Waals surface area contributed by atoms with Crippen LogP contribution in [0.3, 0.4) is 0 Å². The summed E-state index contributed by atoms with van der Waals surface area (Å²) in [7, 11) is 0. The van der Waals surface area contributed by atoms with Crippen molar-refractivity contribution in [3.63, 3.8) is 0 Å². The van der Waals surface area contributed by atoms with E-state index in [0.717, 1.165) is 22.5 Å². The van der Waals surface area contributed by atoms with Gasteiger partial charge >= 0.3 is 6.18 Å². The molecule has 0 atom stereocenters. The van der Waals surface area contributed by atoms with Crippen molar-refractivity contribution >= 4 is 22.5 Å². The molecular weight excluding hydrogens is 311 g/mol. The van der Waals surface area contributed by atoms with Crippen molar-refractivity contribution in [2.24, 2.45) is 0 Å². The summed E-state index contributed by atoms with van der Waals surface area (Å²) in [6.45, 7) is 0. The first-order valence-corrected chi connectivity index (χ1v) is 7.01. The van der Waals surface area contributed by atoms with Crippen LogP contribution in [-0.4, -0.2) is 4.98 Å². The number of halogens is 4. The van der Waals surface area contributed by atoms with Gasteiger partial charge < -0.3 is 0 Å². The minimum atomic E-state index is -4.32. The summed E-state index contributed by atoms with van der Waals surface area (Å²) in [5.41, 5.74) is 1.69. The predicted molar refractivity (Wildman–Crippen MR) is 81.0 cm³/mol. The summed E-state index contributed by atoms with van der Waals surface area (Å²) in [4.78, 5) is 4.19. The highest BCUT2D eigenvalue weighted by atomic mass is 35.5. The first kappa shape index (κ1) is 14.9. The van der Waals surface area contributed by atoms with Gasteiger partial charge in [0, 0.05) is 5.39 Å². The second-order valence-electron chi connectivity index (χ2n) is 5.04. The Labute approximate surface area is 130 Å². The highest BCUT2D eigenvalue weighted by molar-refractivity contribution is 6.29. The maximum absolute atomic E-state index is 12.7. The van der Waals surface area contributed by atoms with Crippen LogP contribution in [0.25, 0.3) is 10.9 Å². The predicted octanol–water partition coefficient (Wildman–Crippen LogP) is 5.50. The second-order valence-corrected chi connectivity index (χ2v) is 5.42. The Morgan fingerprint density at radius 3 is 2.45 bits per heavy atom. The van der Waals surface area contributed by atoms with E-state index in [-0.39, 0.29) is 0 Å². The van der Waals surface area contributed by atoms with E-state index in [2.05, 4.69) is 4.98 Å². The van der Waals surface area contributed by atoms with Crippen LogP contribution < -0.4 is 0 Å². The van der Waals surface area contributed by atoms with Crippen molar-refractivity contribution in [1.29, 1.82) is 0 Å². The molecule has 1 aromatic heterocycles. The Hall–Kier alpha value is -2.07. The molecule has 0 saturated heterocycles. The molecule has 1 nitrogen and oxygen atoms in total. The zero-order valence-corrected chi connectivity index (χ0v) is 12.1. The van der Waals surface area contributed by atoms with Crippen LogP contribution in [0, 0.1) is 0 Å². The molecule has 22 heavy (non-hydrogen) atoms. The van der Waals surface area contributed by atoms with Gasteiger partial charge in [0.1, 0.15) is 5.15 Å². The fourth-order valence-electron chi connectivity index (χ4n) is 2.35. The van der Waals surface area contributed by atoms with E-state index in [1.54, 1.807) is 12.1 Å². The Kier molecular flexibility index (Phi) is 3.79. The first-order chi connectivity index (χ1) is 10.4. The van der Waals surface area contributed by atoms with Crippen molar-refractivity contribution in [3.8, 4) is 0 Å². The maximum atomic E-state index is 12.7. The summed E-state index contributed by atoms with van der Waals surface area (Å²) >= 11 is 5.83. The average Bonchev–Trinajstić information content (AvgIpc) is 2.47. The smallest absolute Gasteiger partial charge is 0.236 e. The minimum absolute atomic E-state index is 0.415. The number of aromatic nitrogens is 1. The van der Waals surface area contributed by atoms with Gasteiger partial charge in [-0.25, -0.2) is 4.98 Å². The van der Waals surface area contributed by atoms with Crippen LogP contribution in [0.5, 0.6) is 0 Å². The van der Waals surface area contributed by atoms with Gasteiger partial charge in [-0.15, -0.1) is 0 Å². The molecule has 3 rings (SSSR count). The molecule has 0 spiro atoms. The van der Waals surface area contributed by atoms with Crippen LogP contribution >= 0.6 is 11.6 Å². The average molecular weight is 322 g/mol. The van der Waals surface area contributed by atoms with E-state index in [0.29, 0.717) is 17.1 Å². The molecule has 5 heteroatoms. The fraction of sp³-hybridized carbons (Fsp3) is 0.118. The van der Waals surface area contributed by atoms with Crippen molar-refractivity contribution in [1.82, 2.24) is 4.98 Å². The van der Waals surface area contributed by atoms with Crippen LogP contribution in [0.2, 0.25) is 5.15 Å². The topological polar surface area (TPSA) is 12.9 Å². The van der Waals surface area contributed by atoms with Crippen LogP contribution in [0.1, 0.15) is 16.7 Å². The molecule has 112 valence electrons. The molecule has 0 aliphatic heterocycles. The molecule has 0 saturated carbocycles. The highest BCUT2D eigenvalue weighted by Gasteiger charge is 2.30. The Morgan fingerprint density at radius 2 is 1.68 bits per heavy atom. The van der Waals surface area contributed by atoms with Crippen molar-refractivity contribution in [2.45, 2.75) is 12.6 Å². The van der Waals surface area contributed by atoms with Gasteiger partial charge in [-0.2, -0.15) is 13.2 Å². The molecule has 0 unspecified atom stereocenters. The normalized spacial score (nSPS) is 11.8. The zero-order chi connectivity index (χ0) is 15.7. The minimum Gasteiger partial charge on any atom is -0.236 e. The van der Waals surface area contributed by atoms with Crippen LogP contribution in [0.4, 0.5) is 13.2 Å². The number of hydrogen-bond acceptors (Lipinski definition) is 1. The van der Waals surface area contributed by atoms with E-state index < -0.39 is 11.7 Å². The summed E-state index contributed by atoms with van der Waals surface area (Å²) < 4.78 is 38.2. The van der Waals surface area contributed by atoms with E-state index in [1.165, 1.54) is 12.1 Å². The molecule has 0 bridgehead atoms. The molecule has 2 aromatic carbocycles. The van der Waals surface area contributed by atoms with Gasteiger partial charge in [0.15, 0.2) is 0 Å². The Morgan fingerprint density at radius 1 is 0.909 bits per heavy atom. The molecule has 0 N–H and O–H groups in total. The standard InChI is InChI=1S/C17H11ClF3N/c18-16-7-5-13-9-12(4-6-15(13)22-16)8-11-2-1-3-14(10-11)17(19,20)21/h1-7,9-10H,8H2. The monoisotopic (exact) mass is 321 g/mol. The van der Waals surface area contributed by atoms with E-state index in [1.807, 2.05) is 24.3 Å². The molecule has 0 amide bonds. The number of alkyl halides is 3. The molecule has 0 fully saturated rings. The van der Waals surface area contributed by atoms with Crippen molar-refractivity contribution in [3.05, 3.63) is 76.4 Å². The number of benzene rings is 2. The zero-order valence-electron chi connectivity index (χ0n) is 11.4. The number of fused-ring (bicyclic) bond motifs is 1. The third-order valence-electron chi connectivity index (χ3n) is 3.38. The molecule has 0 aliphatic carbocycles. The molecule has 3 aromatic rings. The Bertz CT molecular complexity index is 827. The van der Waals surface area contributed by atoms with Crippen LogP contribution in [-0.2, 0) is 12.6 Å². The summed E-state index contributed by atoms with van der Waals surface area (Å²) in [5.74, 6) is 0. The first-order valence-electron chi connectivity index (χ1n) is 6.63. The van der Waals surface area contributed by atoms with E-state index in [4.69, 9.17) is 11.6 Å². The lowest BCUT2D eigenvalue weighted by Gasteiger charge is -2.09. The van der Waals surface area contributed by atoms with Gasteiger partial charge in [-0.3, -0.25) is 0 Å². The second kappa shape index (κ2) is 5.61. The third kappa shape index (κ3) is 3.22. The fourth-order valence-corrected chi connectivity index (χ4v) is 2.51. The molecule has 0 radical (unpaired) electrons. The van der Waals surface area contributed by atoms with Gasteiger partial charge in [0.2, 0.25) is 0 Å². The van der Waals surface area contributed by atoms with E-state index in [9.17, 15) is 13.2 Å². The summed E-state index contributed by atoms with van der Waals surface area (Å²) in [5, 5.41) is 1.33. The van der Waals surface area contributed by atoms with Gasteiger partial charge in [0.05, 0.1) is 11.1 Å². The lowest BCUT2D eigenvalue weighted by atomic mass is 10.0. The van der Waals surface area contributed by atoms with Gasteiger partial charge in [0.25, 0.3) is 0 Å². The largest absolute Gasteiger partial charge is 0.416 e. The Balaban J connectivity index is 1.91. The van der Waals surface area contributed by atoms with Crippen molar-refractivity contribution in [2.75, 3.05) is 0 Å².